The van der Waals surface area contributed by atoms with Crippen molar-refractivity contribution in [2.45, 2.75) is 17.5 Å². The number of thiophene rings is 1. The molecule has 4 aromatic rings. The smallest absolute Gasteiger partial charge is 0.257 e. The van der Waals surface area contributed by atoms with E-state index >= 15 is 0 Å². The fourth-order valence-corrected chi connectivity index (χ4v) is 4.08. The van der Waals surface area contributed by atoms with E-state index in [4.69, 9.17) is 4.42 Å². The van der Waals surface area contributed by atoms with Crippen molar-refractivity contribution in [2.24, 2.45) is 0 Å². The van der Waals surface area contributed by atoms with E-state index in [1.807, 2.05) is 66.0 Å². The quantitative estimate of drug-likeness (QED) is 0.472. The highest BCUT2D eigenvalue weighted by Crippen LogP contribution is 2.27. The molecular weight excluding hydrogens is 364 g/mol. The summed E-state index contributed by atoms with van der Waals surface area (Å²) < 4.78 is 5.74. The van der Waals surface area contributed by atoms with Crippen molar-refractivity contribution in [3.63, 3.8) is 0 Å². The van der Waals surface area contributed by atoms with Crippen molar-refractivity contribution < 1.29 is 9.21 Å². The van der Waals surface area contributed by atoms with Crippen LogP contribution in [0.15, 0.2) is 75.7 Å². The highest BCUT2D eigenvalue weighted by Gasteiger charge is 2.13. The Bertz CT molecular complexity index is 992. The van der Waals surface area contributed by atoms with Gasteiger partial charge in [-0.2, -0.15) is 0 Å². The van der Waals surface area contributed by atoms with E-state index in [0.717, 1.165) is 21.5 Å². The number of aromatic nitrogens is 1. The zero-order valence-electron chi connectivity index (χ0n) is 13.8. The van der Waals surface area contributed by atoms with E-state index < -0.39 is 0 Å². The average molecular weight is 380 g/mol. The van der Waals surface area contributed by atoms with Gasteiger partial charge in [0.05, 0.1) is 6.54 Å². The van der Waals surface area contributed by atoms with E-state index in [2.05, 4.69) is 10.3 Å². The van der Waals surface area contributed by atoms with E-state index in [0.29, 0.717) is 23.1 Å². The number of carbonyl (C=O) groups excluding carboxylic acids is 1. The Morgan fingerprint density at radius 3 is 2.77 bits per heavy atom. The number of amides is 1. The van der Waals surface area contributed by atoms with E-state index in [1.54, 1.807) is 11.3 Å². The summed E-state index contributed by atoms with van der Waals surface area (Å²) in [5.74, 6) is 0.558. The average Bonchev–Trinajstić information content (AvgIpc) is 3.33. The SMILES string of the molecule is O=C(NCc1cccs1)c1ccccc1CSc1nc2ccccc2o1. The van der Waals surface area contributed by atoms with Crippen molar-refractivity contribution in [2.75, 3.05) is 0 Å². The lowest BCUT2D eigenvalue weighted by Gasteiger charge is -2.08. The number of carbonyl (C=O) groups is 1. The summed E-state index contributed by atoms with van der Waals surface area (Å²) in [5, 5.41) is 5.60. The molecule has 4 nitrogen and oxygen atoms in total. The normalized spacial score (nSPS) is 10.9. The standard InChI is InChI=1S/C20H16N2O2S2/c23-19(21-12-15-7-5-11-25-15)16-8-2-1-6-14(16)13-26-20-22-17-9-3-4-10-18(17)24-20/h1-11H,12-13H2,(H,21,23). The maximum Gasteiger partial charge on any atom is 0.257 e. The zero-order chi connectivity index (χ0) is 17.8. The van der Waals surface area contributed by atoms with E-state index in [-0.39, 0.29) is 5.91 Å². The van der Waals surface area contributed by atoms with Crippen LogP contribution < -0.4 is 5.32 Å². The first-order chi connectivity index (χ1) is 12.8. The molecule has 6 heteroatoms. The van der Waals surface area contributed by atoms with Crippen LogP contribution in [0.4, 0.5) is 0 Å². The second-order valence-corrected chi connectivity index (χ2v) is 7.61. The Labute approximate surface area is 159 Å². The first-order valence-electron chi connectivity index (χ1n) is 8.16. The predicted octanol–water partition coefficient (Wildman–Crippen LogP) is 5.11. The van der Waals surface area contributed by atoms with Gasteiger partial charge in [0.2, 0.25) is 0 Å². The van der Waals surface area contributed by atoms with Gasteiger partial charge in [-0.15, -0.1) is 11.3 Å². The molecule has 0 aliphatic carbocycles. The third kappa shape index (κ3) is 3.81. The Balaban J connectivity index is 1.45. The molecule has 2 aromatic carbocycles. The van der Waals surface area contributed by atoms with Gasteiger partial charge in [-0.3, -0.25) is 4.79 Å². The van der Waals surface area contributed by atoms with Crippen molar-refractivity contribution >= 4 is 40.1 Å². The molecular formula is C20H16N2O2S2. The molecule has 0 radical (unpaired) electrons. The van der Waals surface area contributed by atoms with Crippen LogP contribution in [-0.2, 0) is 12.3 Å². The maximum absolute atomic E-state index is 12.6. The van der Waals surface area contributed by atoms with Crippen LogP contribution in [0, 0.1) is 0 Å². The largest absolute Gasteiger partial charge is 0.431 e. The third-order valence-electron chi connectivity index (χ3n) is 3.89. The molecule has 0 bridgehead atoms. The first kappa shape index (κ1) is 16.9. The van der Waals surface area contributed by atoms with Crippen molar-refractivity contribution in [3.8, 4) is 0 Å². The first-order valence-corrected chi connectivity index (χ1v) is 10.0. The number of oxazole rings is 1. The van der Waals surface area contributed by atoms with Gasteiger partial charge in [-0.05, 0) is 35.2 Å². The molecule has 0 aliphatic heterocycles. The molecule has 0 saturated carbocycles. The molecule has 0 spiro atoms. The summed E-state index contributed by atoms with van der Waals surface area (Å²) in [6.07, 6.45) is 0. The Morgan fingerprint density at radius 2 is 1.92 bits per heavy atom. The number of thioether (sulfide) groups is 1. The van der Waals surface area contributed by atoms with Gasteiger partial charge in [-0.1, -0.05) is 48.2 Å². The van der Waals surface area contributed by atoms with Gasteiger partial charge < -0.3 is 9.73 Å². The number of nitrogens with one attached hydrogen (secondary N) is 1. The lowest BCUT2D eigenvalue weighted by molar-refractivity contribution is 0.0950. The summed E-state index contributed by atoms with van der Waals surface area (Å²) in [6.45, 7) is 0.545. The van der Waals surface area contributed by atoms with Gasteiger partial charge >= 0.3 is 0 Å². The Morgan fingerprint density at radius 1 is 1.08 bits per heavy atom. The number of hydrogen-bond acceptors (Lipinski definition) is 5. The molecule has 4 rings (SSSR count). The number of para-hydroxylation sites is 2. The molecule has 130 valence electrons. The lowest BCUT2D eigenvalue weighted by atomic mass is 10.1. The van der Waals surface area contributed by atoms with Crippen molar-refractivity contribution in [1.82, 2.24) is 10.3 Å². The lowest BCUT2D eigenvalue weighted by Crippen LogP contribution is -2.23. The highest BCUT2D eigenvalue weighted by atomic mass is 32.2. The predicted molar refractivity (Wildman–Crippen MR) is 106 cm³/mol. The molecule has 26 heavy (non-hydrogen) atoms. The summed E-state index contributed by atoms with van der Waals surface area (Å²) in [4.78, 5) is 18.2. The molecule has 1 N–H and O–H groups in total. The van der Waals surface area contributed by atoms with Crippen LogP contribution in [-0.4, -0.2) is 10.9 Å². The summed E-state index contributed by atoms with van der Waals surface area (Å²) in [7, 11) is 0. The zero-order valence-corrected chi connectivity index (χ0v) is 15.5. The van der Waals surface area contributed by atoms with Crippen LogP contribution >= 0.6 is 23.1 Å². The molecule has 0 fully saturated rings. The fourth-order valence-electron chi connectivity index (χ4n) is 2.60. The minimum absolute atomic E-state index is 0.0628. The molecule has 2 aromatic heterocycles. The molecule has 0 atom stereocenters. The number of fused-ring (bicyclic) bond motifs is 1. The topological polar surface area (TPSA) is 55.1 Å². The minimum atomic E-state index is -0.0628. The second kappa shape index (κ2) is 7.76. The minimum Gasteiger partial charge on any atom is -0.431 e. The molecule has 1 amide bonds. The monoisotopic (exact) mass is 380 g/mol. The highest BCUT2D eigenvalue weighted by molar-refractivity contribution is 7.98. The molecule has 2 heterocycles. The van der Waals surface area contributed by atoms with Gasteiger partial charge in [0.25, 0.3) is 11.1 Å². The number of nitrogens with zero attached hydrogens (tertiary/aromatic N) is 1. The third-order valence-corrected chi connectivity index (χ3v) is 5.64. The van der Waals surface area contributed by atoms with E-state index in [1.165, 1.54) is 11.8 Å². The van der Waals surface area contributed by atoms with Crippen LogP contribution in [0.3, 0.4) is 0 Å². The number of hydrogen-bond donors (Lipinski definition) is 1. The molecule has 0 unspecified atom stereocenters. The number of rotatable bonds is 6. The van der Waals surface area contributed by atoms with Crippen LogP contribution in [0.2, 0.25) is 0 Å². The number of benzene rings is 2. The van der Waals surface area contributed by atoms with Crippen LogP contribution in [0.25, 0.3) is 11.1 Å². The maximum atomic E-state index is 12.6. The second-order valence-electron chi connectivity index (χ2n) is 5.66. The fraction of sp³-hybridized carbons (Fsp3) is 0.100. The van der Waals surface area contributed by atoms with Gasteiger partial charge in [0, 0.05) is 16.2 Å². The van der Waals surface area contributed by atoms with Crippen LogP contribution in [0.1, 0.15) is 20.8 Å². The molecule has 0 saturated heterocycles. The Hall–Kier alpha value is -2.57. The summed E-state index contributed by atoms with van der Waals surface area (Å²) in [6, 6.07) is 19.3. The van der Waals surface area contributed by atoms with Crippen molar-refractivity contribution in [1.29, 1.82) is 0 Å². The Kier molecular flexibility index (Phi) is 5.04. The summed E-state index contributed by atoms with van der Waals surface area (Å²) >= 11 is 3.13. The molecule has 0 aliphatic rings. The van der Waals surface area contributed by atoms with Crippen LogP contribution in [0.5, 0.6) is 0 Å². The van der Waals surface area contributed by atoms with E-state index in [9.17, 15) is 4.79 Å². The van der Waals surface area contributed by atoms with Crippen molar-refractivity contribution in [3.05, 3.63) is 82.0 Å². The van der Waals surface area contributed by atoms with Gasteiger partial charge in [-0.25, -0.2) is 4.98 Å². The summed E-state index contributed by atoms with van der Waals surface area (Å²) in [5.41, 5.74) is 3.27. The van der Waals surface area contributed by atoms with Gasteiger partial charge in [0.1, 0.15) is 5.52 Å². The van der Waals surface area contributed by atoms with Gasteiger partial charge in [0.15, 0.2) is 5.58 Å².